The maximum atomic E-state index is 5.67. The topological polar surface area (TPSA) is 31.4 Å². The standard InChI is InChI=1S/C14H15NO2/c1-11(2)16-12-7-3-4-8-13(12)17-14-9-5-6-10-15-14/h3-11H,1-2H3. The van der Waals surface area contributed by atoms with E-state index in [-0.39, 0.29) is 6.10 Å². The Hall–Kier alpha value is -2.03. The van der Waals surface area contributed by atoms with Crippen molar-refractivity contribution in [3.8, 4) is 17.4 Å². The van der Waals surface area contributed by atoms with Gasteiger partial charge in [-0.2, -0.15) is 0 Å². The molecule has 0 spiro atoms. The molecule has 0 atom stereocenters. The third kappa shape index (κ3) is 3.21. The number of nitrogens with zero attached hydrogens (tertiary/aromatic N) is 1. The molecule has 0 N–H and O–H groups in total. The van der Waals surface area contributed by atoms with Gasteiger partial charge in [0.2, 0.25) is 5.88 Å². The number of rotatable bonds is 4. The predicted molar refractivity (Wildman–Crippen MR) is 66.5 cm³/mol. The van der Waals surface area contributed by atoms with Crippen LogP contribution in [-0.2, 0) is 0 Å². The van der Waals surface area contributed by atoms with E-state index in [0.29, 0.717) is 11.6 Å². The molecule has 0 saturated heterocycles. The average Bonchev–Trinajstić information content (AvgIpc) is 2.32. The van der Waals surface area contributed by atoms with Gasteiger partial charge in [0.25, 0.3) is 0 Å². The zero-order valence-corrected chi connectivity index (χ0v) is 9.96. The molecule has 0 bridgehead atoms. The highest BCUT2D eigenvalue weighted by Crippen LogP contribution is 2.30. The highest BCUT2D eigenvalue weighted by Gasteiger charge is 2.07. The van der Waals surface area contributed by atoms with Crippen molar-refractivity contribution in [1.82, 2.24) is 4.98 Å². The van der Waals surface area contributed by atoms with E-state index in [1.807, 2.05) is 56.3 Å². The van der Waals surface area contributed by atoms with E-state index in [1.165, 1.54) is 0 Å². The number of benzene rings is 1. The summed E-state index contributed by atoms with van der Waals surface area (Å²) in [5.74, 6) is 1.97. The summed E-state index contributed by atoms with van der Waals surface area (Å²) in [7, 11) is 0. The van der Waals surface area contributed by atoms with Crippen LogP contribution in [-0.4, -0.2) is 11.1 Å². The number of hydrogen-bond donors (Lipinski definition) is 0. The van der Waals surface area contributed by atoms with Crippen molar-refractivity contribution >= 4 is 0 Å². The molecule has 17 heavy (non-hydrogen) atoms. The second-order valence-electron chi connectivity index (χ2n) is 3.88. The van der Waals surface area contributed by atoms with Gasteiger partial charge in [-0.05, 0) is 32.0 Å². The van der Waals surface area contributed by atoms with Crippen LogP contribution in [0.15, 0.2) is 48.7 Å². The Kier molecular flexibility index (Phi) is 3.60. The van der Waals surface area contributed by atoms with Gasteiger partial charge in [0.05, 0.1) is 6.10 Å². The van der Waals surface area contributed by atoms with Crippen LogP contribution in [0.5, 0.6) is 17.4 Å². The van der Waals surface area contributed by atoms with Crippen molar-refractivity contribution in [1.29, 1.82) is 0 Å². The summed E-state index contributed by atoms with van der Waals surface area (Å²) in [4.78, 5) is 4.12. The van der Waals surface area contributed by atoms with E-state index in [9.17, 15) is 0 Å². The maximum absolute atomic E-state index is 5.67. The number of hydrogen-bond acceptors (Lipinski definition) is 3. The molecule has 1 heterocycles. The van der Waals surface area contributed by atoms with Gasteiger partial charge in [-0.15, -0.1) is 0 Å². The summed E-state index contributed by atoms with van der Waals surface area (Å²) in [5.41, 5.74) is 0. The summed E-state index contributed by atoms with van der Waals surface area (Å²) >= 11 is 0. The zero-order valence-electron chi connectivity index (χ0n) is 9.96. The summed E-state index contributed by atoms with van der Waals surface area (Å²) in [6.45, 7) is 3.97. The monoisotopic (exact) mass is 229 g/mol. The first-order chi connectivity index (χ1) is 8.25. The molecule has 2 rings (SSSR count). The first kappa shape index (κ1) is 11.5. The number of para-hydroxylation sites is 2. The van der Waals surface area contributed by atoms with Crippen LogP contribution in [0.1, 0.15) is 13.8 Å². The second kappa shape index (κ2) is 5.34. The SMILES string of the molecule is CC(C)Oc1ccccc1Oc1ccccn1. The summed E-state index contributed by atoms with van der Waals surface area (Å²) in [5, 5.41) is 0. The first-order valence-corrected chi connectivity index (χ1v) is 5.60. The van der Waals surface area contributed by atoms with Crippen molar-refractivity contribution in [2.45, 2.75) is 20.0 Å². The lowest BCUT2D eigenvalue weighted by atomic mass is 10.3. The van der Waals surface area contributed by atoms with Crippen LogP contribution in [0.4, 0.5) is 0 Å². The van der Waals surface area contributed by atoms with Gasteiger partial charge in [0.1, 0.15) is 0 Å². The van der Waals surface area contributed by atoms with Crippen LogP contribution >= 0.6 is 0 Å². The van der Waals surface area contributed by atoms with E-state index >= 15 is 0 Å². The molecule has 3 heteroatoms. The molecule has 0 unspecified atom stereocenters. The van der Waals surface area contributed by atoms with Crippen molar-refractivity contribution < 1.29 is 9.47 Å². The van der Waals surface area contributed by atoms with E-state index in [0.717, 1.165) is 5.75 Å². The fourth-order valence-electron chi connectivity index (χ4n) is 1.41. The molecule has 3 nitrogen and oxygen atoms in total. The molecule has 0 aliphatic rings. The van der Waals surface area contributed by atoms with Gasteiger partial charge in [0.15, 0.2) is 11.5 Å². The smallest absolute Gasteiger partial charge is 0.219 e. The van der Waals surface area contributed by atoms with Crippen LogP contribution in [0.2, 0.25) is 0 Å². The minimum absolute atomic E-state index is 0.114. The largest absolute Gasteiger partial charge is 0.487 e. The van der Waals surface area contributed by atoms with E-state index in [2.05, 4.69) is 4.98 Å². The maximum Gasteiger partial charge on any atom is 0.219 e. The summed E-state index contributed by atoms with van der Waals surface area (Å²) in [6, 6.07) is 13.1. The quantitative estimate of drug-likeness (QED) is 0.801. The molecule has 2 aromatic rings. The van der Waals surface area contributed by atoms with Gasteiger partial charge in [0, 0.05) is 12.3 Å². The Labute approximate surface area is 101 Å². The molecule has 0 saturated carbocycles. The van der Waals surface area contributed by atoms with Gasteiger partial charge in [-0.1, -0.05) is 18.2 Å². The van der Waals surface area contributed by atoms with Crippen molar-refractivity contribution in [2.75, 3.05) is 0 Å². The molecule has 0 aliphatic heterocycles. The molecule has 0 radical (unpaired) electrons. The van der Waals surface area contributed by atoms with Gasteiger partial charge < -0.3 is 9.47 Å². The molecule has 0 fully saturated rings. The van der Waals surface area contributed by atoms with E-state index in [1.54, 1.807) is 6.20 Å². The molecule has 0 amide bonds. The first-order valence-electron chi connectivity index (χ1n) is 5.60. The lowest BCUT2D eigenvalue weighted by Crippen LogP contribution is -2.06. The Balaban J connectivity index is 2.20. The third-order valence-electron chi connectivity index (χ3n) is 2.06. The number of pyridine rings is 1. The average molecular weight is 229 g/mol. The normalized spacial score (nSPS) is 10.3. The fourth-order valence-corrected chi connectivity index (χ4v) is 1.41. The minimum Gasteiger partial charge on any atom is -0.487 e. The van der Waals surface area contributed by atoms with E-state index < -0.39 is 0 Å². The number of aromatic nitrogens is 1. The van der Waals surface area contributed by atoms with Crippen LogP contribution < -0.4 is 9.47 Å². The Bertz CT molecular complexity index is 469. The highest BCUT2D eigenvalue weighted by molar-refractivity contribution is 5.41. The molecule has 88 valence electrons. The van der Waals surface area contributed by atoms with Crippen molar-refractivity contribution in [2.24, 2.45) is 0 Å². The molecule has 1 aromatic heterocycles. The molecule has 1 aromatic carbocycles. The summed E-state index contributed by atoms with van der Waals surface area (Å²) in [6.07, 6.45) is 1.81. The fraction of sp³-hybridized carbons (Fsp3) is 0.214. The van der Waals surface area contributed by atoms with Crippen molar-refractivity contribution in [3.63, 3.8) is 0 Å². The van der Waals surface area contributed by atoms with Crippen LogP contribution in [0.25, 0.3) is 0 Å². The Morgan fingerprint density at radius 1 is 0.941 bits per heavy atom. The minimum atomic E-state index is 0.114. The zero-order chi connectivity index (χ0) is 12.1. The van der Waals surface area contributed by atoms with Crippen molar-refractivity contribution in [3.05, 3.63) is 48.7 Å². The lowest BCUT2D eigenvalue weighted by molar-refractivity contribution is 0.233. The summed E-state index contributed by atoms with van der Waals surface area (Å²) < 4.78 is 11.3. The Morgan fingerprint density at radius 2 is 1.65 bits per heavy atom. The Morgan fingerprint density at radius 3 is 2.29 bits per heavy atom. The van der Waals surface area contributed by atoms with Gasteiger partial charge in [-0.25, -0.2) is 4.98 Å². The number of ether oxygens (including phenoxy) is 2. The van der Waals surface area contributed by atoms with E-state index in [4.69, 9.17) is 9.47 Å². The molecule has 0 aliphatic carbocycles. The third-order valence-corrected chi connectivity index (χ3v) is 2.06. The van der Waals surface area contributed by atoms with Crippen LogP contribution in [0, 0.1) is 0 Å². The van der Waals surface area contributed by atoms with Gasteiger partial charge >= 0.3 is 0 Å². The lowest BCUT2D eigenvalue weighted by Gasteiger charge is -2.13. The highest BCUT2D eigenvalue weighted by atomic mass is 16.5. The van der Waals surface area contributed by atoms with Gasteiger partial charge in [-0.3, -0.25) is 0 Å². The molecular weight excluding hydrogens is 214 g/mol. The van der Waals surface area contributed by atoms with Crippen LogP contribution in [0.3, 0.4) is 0 Å². The second-order valence-corrected chi connectivity index (χ2v) is 3.88. The predicted octanol–water partition coefficient (Wildman–Crippen LogP) is 3.66. The molecular formula is C14H15NO2.